The number of anilines is 1. The molecule has 7 nitrogen and oxygen atoms in total. The average Bonchev–Trinajstić information content (AvgIpc) is 3.04. The molecule has 0 amide bonds. The van der Waals surface area contributed by atoms with E-state index in [1.165, 1.54) is 0 Å². The topological polar surface area (TPSA) is 95.8 Å². The molecule has 1 aliphatic carbocycles. The molecule has 1 fully saturated rings. The summed E-state index contributed by atoms with van der Waals surface area (Å²) in [6.07, 6.45) is 4.55. The summed E-state index contributed by atoms with van der Waals surface area (Å²) in [5, 5.41) is 17.1. The molecule has 2 heterocycles. The maximum atomic E-state index is 12.2. The Morgan fingerprint density at radius 2 is 2.18 bits per heavy atom. The van der Waals surface area contributed by atoms with Gasteiger partial charge in [-0.1, -0.05) is 0 Å². The number of aromatic amines is 1. The zero-order chi connectivity index (χ0) is 16.0. The van der Waals surface area contributed by atoms with Crippen LogP contribution in [-0.4, -0.2) is 38.0 Å². The van der Waals surface area contributed by atoms with Crippen LogP contribution >= 0.6 is 0 Å². The van der Waals surface area contributed by atoms with Crippen LogP contribution in [0.1, 0.15) is 40.0 Å². The predicted molar refractivity (Wildman–Crippen MR) is 85.0 cm³/mol. The van der Waals surface area contributed by atoms with Gasteiger partial charge in [-0.3, -0.25) is 9.78 Å². The molecule has 0 atom stereocenters. The highest BCUT2D eigenvalue weighted by atomic mass is 16.3. The fourth-order valence-electron chi connectivity index (χ4n) is 2.69. The lowest BCUT2D eigenvalue weighted by Crippen LogP contribution is -2.25. The van der Waals surface area contributed by atoms with Crippen LogP contribution in [0.4, 0.5) is 5.95 Å². The van der Waals surface area contributed by atoms with E-state index in [4.69, 9.17) is 5.11 Å². The third-order valence-corrected chi connectivity index (χ3v) is 4.30. The first-order valence-corrected chi connectivity index (χ1v) is 7.68. The Kier molecular flexibility index (Phi) is 3.47. The SMILES string of the molecule is CC(C)(C)n1ncc2c(=O)[nH]c(NCC3(CCO)CC3)nc21. The summed E-state index contributed by atoms with van der Waals surface area (Å²) >= 11 is 0. The molecule has 120 valence electrons. The second-order valence-corrected chi connectivity index (χ2v) is 7.21. The molecule has 7 heteroatoms. The molecule has 0 bridgehead atoms. The molecule has 2 aromatic heterocycles. The van der Waals surface area contributed by atoms with Crippen molar-refractivity contribution < 1.29 is 5.11 Å². The molecular weight excluding hydrogens is 282 g/mol. The molecule has 0 aromatic carbocycles. The van der Waals surface area contributed by atoms with Gasteiger partial charge in [0.25, 0.3) is 5.56 Å². The van der Waals surface area contributed by atoms with Gasteiger partial charge in [-0.15, -0.1) is 0 Å². The van der Waals surface area contributed by atoms with Crippen molar-refractivity contribution >= 4 is 17.0 Å². The number of hydrogen-bond acceptors (Lipinski definition) is 5. The van der Waals surface area contributed by atoms with Crippen molar-refractivity contribution in [2.75, 3.05) is 18.5 Å². The van der Waals surface area contributed by atoms with Crippen LogP contribution in [0.25, 0.3) is 11.0 Å². The first kappa shape index (κ1) is 15.0. The smallest absolute Gasteiger partial charge is 0.263 e. The molecule has 0 radical (unpaired) electrons. The number of aromatic nitrogens is 4. The number of nitrogens with zero attached hydrogens (tertiary/aromatic N) is 3. The Morgan fingerprint density at radius 3 is 2.77 bits per heavy atom. The van der Waals surface area contributed by atoms with Crippen LogP contribution in [0.15, 0.2) is 11.0 Å². The maximum Gasteiger partial charge on any atom is 0.263 e. The lowest BCUT2D eigenvalue weighted by molar-refractivity contribution is 0.253. The van der Waals surface area contributed by atoms with E-state index in [1.807, 2.05) is 20.8 Å². The molecular formula is C15H23N5O2. The van der Waals surface area contributed by atoms with E-state index in [0.29, 0.717) is 23.5 Å². The first-order chi connectivity index (χ1) is 10.3. The molecule has 3 rings (SSSR count). The van der Waals surface area contributed by atoms with E-state index in [0.717, 1.165) is 19.3 Å². The van der Waals surface area contributed by atoms with E-state index in [9.17, 15) is 4.79 Å². The van der Waals surface area contributed by atoms with Crippen molar-refractivity contribution in [3.63, 3.8) is 0 Å². The summed E-state index contributed by atoms with van der Waals surface area (Å²) in [4.78, 5) is 19.5. The summed E-state index contributed by atoms with van der Waals surface area (Å²) in [7, 11) is 0. The third kappa shape index (κ3) is 2.72. The van der Waals surface area contributed by atoms with E-state index in [-0.39, 0.29) is 23.1 Å². The van der Waals surface area contributed by atoms with Gasteiger partial charge in [0, 0.05) is 13.2 Å². The van der Waals surface area contributed by atoms with Crippen LogP contribution in [-0.2, 0) is 5.54 Å². The lowest BCUT2D eigenvalue weighted by Gasteiger charge is -2.20. The van der Waals surface area contributed by atoms with Crippen LogP contribution in [0.2, 0.25) is 0 Å². The average molecular weight is 305 g/mol. The largest absolute Gasteiger partial charge is 0.396 e. The summed E-state index contributed by atoms with van der Waals surface area (Å²) in [5.41, 5.74) is 0.321. The van der Waals surface area contributed by atoms with Crippen molar-refractivity contribution in [3.8, 4) is 0 Å². The maximum absolute atomic E-state index is 12.2. The molecule has 0 aliphatic heterocycles. The summed E-state index contributed by atoms with van der Waals surface area (Å²) in [5.74, 6) is 0.465. The Bertz CT molecular complexity index is 736. The second kappa shape index (κ2) is 5.08. The van der Waals surface area contributed by atoms with E-state index < -0.39 is 0 Å². The zero-order valence-corrected chi connectivity index (χ0v) is 13.3. The summed E-state index contributed by atoms with van der Waals surface area (Å²) < 4.78 is 1.77. The highest BCUT2D eigenvalue weighted by molar-refractivity contribution is 5.74. The van der Waals surface area contributed by atoms with Gasteiger partial charge in [0.05, 0.1) is 11.7 Å². The summed E-state index contributed by atoms with van der Waals surface area (Å²) in [6, 6.07) is 0. The van der Waals surface area contributed by atoms with E-state index in [2.05, 4.69) is 20.4 Å². The number of rotatable bonds is 5. The van der Waals surface area contributed by atoms with Crippen molar-refractivity contribution in [1.29, 1.82) is 0 Å². The number of hydrogen-bond donors (Lipinski definition) is 3. The summed E-state index contributed by atoms with van der Waals surface area (Å²) in [6.45, 7) is 6.98. The fraction of sp³-hybridized carbons (Fsp3) is 0.667. The number of nitrogens with one attached hydrogen (secondary N) is 2. The van der Waals surface area contributed by atoms with Crippen molar-refractivity contribution in [2.24, 2.45) is 5.41 Å². The lowest BCUT2D eigenvalue weighted by atomic mass is 10.0. The van der Waals surface area contributed by atoms with Crippen LogP contribution in [0.5, 0.6) is 0 Å². The van der Waals surface area contributed by atoms with Gasteiger partial charge in [0.1, 0.15) is 5.39 Å². The van der Waals surface area contributed by atoms with Gasteiger partial charge in [0.2, 0.25) is 5.95 Å². The minimum Gasteiger partial charge on any atom is -0.396 e. The number of aliphatic hydroxyl groups excluding tert-OH is 1. The normalized spacial score (nSPS) is 16.9. The highest BCUT2D eigenvalue weighted by Gasteiger charge is 2.41. The van der Waals surface area contributed by atoms with E-state index in [1.54, 1.807) is 10.9 Å². The second-order valence-electron chi connectivity index (χ2n) is 7.21. The number of aliphatic hydroxyl groups is 1. The molecule has 1 aliphatic rings. The Hall–Kier alpha value is -1.89. The van der Waals surface area contributed by atoms with Gasteiger partial charge in [-0.25, -0.2) is 4.68 Å². The Balaban J connectivity index is 1.89. The number of H-pyrrole nitrogens is 1. The zero-order valence-electron chi connectivity index (χ0n) is 13.3. The Morgan fingerprint density at radius 1 is 1.45 bits per heavy atom. The quantitative estimate of drug-likeness (QED) is 0.777. The monoisotopic (exact) mass is 305 g/mol. The standard InChI is InChI=1S/C15H23N5O2/c1-14(2,3)20-11-10(8-17-20)12(22)19-13(18-11)16-9-15(4-5-15)6-7-21/h8,21H,4-7,9H2,1-3H3,(H2,16,18,19,22). The molecule has 0 spiro atoms. The van der Waals surface area contributed by atoms with Gasteiger partial charge in [-0.2, -0.15) is 10.1 Å². The van der Waals surface area contributed by atoms with Gasteiger partial charge >= 0.3 is 0 Å². The van der Waals surface area contributed by atoms with Gasteiger partial charge in [-0.05, 0) is 45.4 Å². The minimum absolute atomic E-state index is 0.159. The fourth-order valence-corrected chi connectivity index (χ4v) is 2.69. The molecule has 0 unspecified atom stereocenters. The van der Waals surface area contributed by atoms with E-state index >= 15 is 0 Å². The van der Waals surface area contributed by atoms with Gasteiger partial charge in [0.15, 0.2) is 5.65 Å². The Labute approximate surface area is 128 Å². The highest BCUT2D eigenvalue weighted by Crippen LogP contribution is 2.48. The van der Waals surface area contributed by atoms with Gasteiger partial charge < -0.3 is 10.4 Å². The molecule has 22 heavy (non-hydrogen) atoms. The van der Waals surface area contributed by atoms with Crippen molar-refractivity contribution in [1.82, 2.24) is 19.7 Å². The first-order valence-electron chi connectivity index (χ1n) is 7.68. The third-order valence-electron chi connectivity index (χ3n) is 4.30. The van der Waals surface area contributed by atoms with Crippen molar-refractivity contribution in [3.05, 3.63) is 16.6 Å². The van der Waals surface area contributed by atoms with Crippen molar-refractivity contribution in [2.45, 2.75) is 45.6 Å². The molecule has 0 saturated heterocycles. The molecule has 3 N–H and O–H groups in total. The van der Waals surface area contributed by atoms with Crippen LogP contribution in [0, 0.1) is 5.41 Å². The van der Waals surface area contributed by atoms with Crippen LogP contribution in [0.3, 0.4) is 0 Å². The molecule has 1 saturated carbocycles. The number of fused-ring (bicyclic) bond motifs is 1. The molecule has 2 aromatic rings. The minimum atomic E-state index is -0.242. The van der Waals surface area contributed by atoms with Crippen LogP contribution < -0.4 is 10.9 Å². The predicted octanol–water partition coefficient (Wildman–Crippen LogP) is 1.45.